The highest BCUT2D eigenvalue weighted by Gasteiger charge is 2.26. The predicted molar refractivity (Wildman–Crippen MR) is 106 cm³/mol. The lowest BCUT2D eigenvalue weighted by Gasteiger charge is -2.28. The van der Waals surface area contributed by atoms with Gasteiger partial charge in [0, 0.05) is 29.5 Å². The van der Waals surface area contributed by atoms with E-state index in [4.69, 9.17) is 4.74 Å². The number of aromatic nitrogens is 2. The normalized spacial score (nSPS) is 15.5. The molecule has 0 amide bonds. The number of rotatable bonds is 2. The van der Waals surface area contributed by atoms with Crippen LogP contribution in [0.5, 0.6) is 5.75 Å². The first-order chi connectivity index (χ1) is 13.5. The minimum atomic E-state index is -1.22. The first-order valence-electron chi connectivity index (χ1n) is 8.96. The molecule has 138 valence electrons. The van der Waals surface area contributed by atoms with Crippen LogP contribution < -0.4 is 10.2 Å². The van der Waals surface area contributed by atoms with Gasteiger partial charge in [-0.2, -0.15) is 0 Å². The predicted octanol–water partition coefficient (Wildman–Crippen LogP) is 3.87. The highest BCUT2D eigenvalue weighted by atomic mass is 16.5. The Kier molecular flexibility index (Phi) is 3.49. The molecule has 28 heavy (non-hydrogen) atoms. The van der Waals surface area contributed by atoms with Crippen molar-refractivity contribution in [1.82, 2.24) is 9.55 Å². The molecule has 0 spiro atoms. The standard InChI is InChI=1S/C22H16N2O4/c1-12-11-28-21-16(14-2-3-15-9-23-7-6-13(15)8-14)4-5-17-19(21)24(12)10-18(20(17)25)22(26)27/h2-10,12H,11H2,1H3,(H,26,27). The average molecular weight is 372 g/mol. The van der Waals surface area contributed by atoms with Crippen molar-refractivity contribution in [2.45, 2.75) is 13.0 Å². The van der Waals surface area contributed by atoms with Crippen LogP contribution in [0.4, 0.5) is 0 Å². The van der Waals surface area contributed by atoms with Gasteiger partial charge in [0.25, 0.3) is 0 Å². The number of benzene rings is 2. The maximum Gasteiger partial charge on any atom is 0.341 e. The van der Waals surface area contributed by atoms with Crippen LogP contribution in [0.2, 0.25) is 0 Å². The number of carbonyl (C=O) groups is 1. The Hall–Kier alpha value is -3.67. The molecular formula is C22H16N2O4. The van der Waals surface area contributed by atoms with Crippen LogP contribution in [0.15, 0.2) is 59.8 Å². The van der Waals surface area contributed by atoms with E-state index in [1.54, 1.807) is 12.3 Å². The lowest BCUT2D eigenvalue weighted by molar-refractivity contribution is 0.0694. The van der Waals surface area contributed by atoms with E-state index in [0.29, 0.717) is 23.3 Å². The van der Waals surface area contributed by atoms with E-state index in [-0.39, 0.29) is 11.6 Å². The molecule has 0 aliphatic carbocycles. The third-order valence-electron chi connectivity index (χ3n) is 5.27. The molecule has 0 saturated heterocycles. The van der Waals surface area contributed by atoms with Crippen LogP contribution in [0, 0.1) is 0 Å². The molecule has 0 fully saturated rings. The van der Waals surface area contributed by atoms with Crippen molar-refractivity contribution in [1.29, 1.82) is 0 Å². The van der Waals surface area contributed by atoms with Gasteiger partial charge in [0.05, 0.1) is 16.9 Å². The molecule has 1 aliphatic heterocycles. The van der Waals surface area contributed by atoms with E-state index in [1.807, 2.05) is 42.0 Å². The van der Waals surface area contributed by atoms with Crippen molar-refractivity contribution in [2.75, 3.05) is 6.61 Å². The van der Waals surface area contributed by atoms with E-state index in [9.17, 15) is 14.7 Å². The molecule has 0 bridgehead atoms. The summed E-state index contributed by atoms with van der Waals surface area (Å²) in [7, 11) is 0. The monoisotopic (exact) mass is 372 g/mol. The summed E-state index contributed by atoms with van der Waals surface area (Å²) in [6.45, 7) is 2.34. The molecule has 0 saturated carbocycles. The van der Waals surface area contributed by atoms with Crippen LogP contribution in [0.1, 0.15) is 23.3 Å². The van der Waals surface area contributed by atoms with Crippen molar-refractivity contribution >= 4 is 27.6 Å². The zero-order chi connectivity index (χ0) is 19.4. The lowest BCUT2D eigenvalue weighted by Crippen LogP contribution is -2.26. The van der Waals surface area contributed by atoms with Gasteiger partial charge in [-0.3, -0.25) is 9.78 Å². The number of hydrogen-bond donors (Lipinski definition) is 1. The molecule has 4 aromatic rings. The number of carboxylic acids is 1. The Morgan fingerprint density at radius 1 is 1.21 bits per heavy atom. The van der Waals surface area contributed by atoms with E-state index < -0.39 is 11.4 Å². The van der Waals surface area contributed by atoms with Gasteiger partial charge in [-0.15, -0.1) is 0 Å². The van der Waals surface area contributed by atoms with Crippen LogP contribution in [-0.4, -0.2) is 27.2 Å². The number of carboxylic acid groups (broad SMARTS) is 1. The highest BCUT2D eigenvalue weighted by Crippen LogP contribution is 2.40. The summed E-state index contributed by atoms with van der Waals surface area (Å²) < 4.78 is 7.88. The molecular weight excluding hydrogens is 356 g/mol. The van der Waals surface area contributed by atoms with Crippen molar-refractivity contribution in [3.05, 3.63) is 70.8 Å². The molecule has 5 rings (SSSR count). The first-order valence-corrected chi connectivity index (χ1v) is 8.96. The quantitative estimate of drug-likeness (QED) is 0.578. The van der Waals surface area contributed by atoms with Gasteiger partial charge in [0.1, 0.15) is 12.2 Å². The zero-order valence-corrected chi connectivity index (χ0v) is 15.0. The molecule has 6 heteroatoms. The maximum atomic E-state index is 12.7. The molecule has 1 aliphatic rings. The number of fused-ring (bicyclic) bond motifs is 1. The van der Waals surface area contributed by atoms with Gasteiger partial charge in [-0.1, -0.05) is 12.1 Å². The topological polar surface area (TPSA) is 81.4 Å². The van der Waals surface area contributed by atoms with Crippen molar-refractivity contribution < 1.29 is 14.6 Å². The van der Waals surface area contributed by atoms with E-state index >= 15 is 0 Å². The van der Waals surface area contributed by atoms with Crippen molar-refractivity contribution in [3.63, 3.8) is 0 Å². The van der Waals surface area contributed by atoms with Crippen LogP contribution >= 0.6 is 0 Å². The molecule has 1 atom stereocenters. The molecule has 2 aromatic carbocycles. The second-order valence-electron chi connectivity index (χ2n) is 7.02. The van der Waals surface area contributed by atoms with Gasteiger partial charge in [0.15, 0.2) is 5.75 Å². The van der Waals surface area contributed by atoms with E-state index in [1.165, 1.54) is 6.20 Å². The number of hydrogen-bond acceptors (Lipinski definition) is 4. The van der Waals surface area contributed by atoms with Crippen molar-refractivity contribution in [3.8, 4) is 16.9 Å². The second kappa shape index (κ2) is 5.92. The minimum absolute atomic E-state index is 0.0772. The minimum Gasteiger partial charge on any atom is -0.489 e. The Morgan fingerprint density at radius 2 is 2.07 bits per heavy atom. The largest absolute Gasteiger partial charge is 0.489 e. The third kappa shape index (κ3) is 2.31. The second-order valence-corrected chi connectivity index (χ2v) is 7.02. The molecule has 1 N–H and O–H groups in total. The van der Waals surface area contributed by atoms with E-state index in [0.717, 1.165) is 21.9 Å². The Labute approximate surface area is 159 Å². The Morgan fingerprint density at radius 3 is 2.89 bits per heavy atom. The van der Waals surface area contributed by atoms with Gasteiger partial charge in [-0.25, -0.2) is 4.79 Å². The Bertz CT molecular complexity index is 1340. The highest BCUT2D eigenvalue weighted by molar-refractivity contribution is 5.98. The number of aromatic carboxylic acids is 1. The fraction of sp³-hybridized carbons (Fsp3) is 0.136. The van der Waals surface area contributed by atoms with Gasteiger partial charge < -0.3 is 14.4 Å². The van der Waals surface area contributed by atoms with Gasteiger partial charge in [0.2, 0.25) is 5.43 Å². The lowest BCUT2D eigenvalue weighted by atomic mass is 9.98. The third-order valence-corrected chi connectivity index (χ3v) is 5.27. The number of ether oxygens (including phenoxy) is 1. The summed E-state index contributed by atoms with van der Waals surface area (Å²) in [5, 5.41) is 11.9. The average Bonchev–Trinajstić information content (AvgIpc) is 2.71. The zero-order valence-electron chi connectivity index (χ0n) is 15.0. The first kappa shape index (κ1) is 16.5. The molecule has 0 radical (unpaired) electrons. The fourth-order valence-corrected chi connectivity index (χ4v) is 3.83. The summed E-state index contributed by atoms with van der Waals surface area (Å²) >= 11 is 0. The fourth-order valence-electron chi connectivity index (χ4n) is 3.83. The summed E-state index contributed by atoms with van der Waals surface area (Å²) in [5.41, 5.74) is 1.76. The maximum absolute atomic E-state index is 12.7. The van der Waals surface area contributed by atoms with Crippen LogP contribution in [0.3, 0.4) is 0 Å². The summed E-state index contributed by atoms with van der Waals surface area (Å²) in [4.78, 5) is 28.3. The molecule has 1 unspecified atom stereocenters. The smallest absolute Gasteiger partial charge is 0.341 e. The molecule has 3 heterocycles. The van der Waals surface area contributed by atoms with Crippen LogP contribution in [-0.2, 0) is 0 Å². The summed E-state index contributed by atoms with van der Waals surface area (Å²) in [6, 6.07) is 11.4. The van der Waals surface area contributed by atoms with Crippen LogP contribution in [0.25, 0.3) is 32.8 Å². The number of pyridine rings is 2. The summed E-state index contributed by atoms with van der Waals surface area (Å²) in [6.07, 6.45) is 4.99. The molecule has 2 aromatic heterocycles. The molecule has 6 nitrogen and oxygen atoms in total. The van der Waals surface area contributed by atoms with E-state index in [2.05, 4.69) is 11.1 Å². The van der Waals surface area contributed by atoms with Crippen molar-refractivity contribution in [2.24, 2.45) is 0 Å². The summed E-state index contributed by atoms with van der Waals surface area (Å²) in [5.74, 6) is -0.610. The SMILES string of the molecule is CC1COc2c(-c3ccc4cnccc4c3)ccc3c(=O)c(C(=O)O)cn1c23. The van der Waals surface area contributed by atoms with Gasteiger partial charge in [-0.05, 0) is 42.1 Å². The number of nitrogens with zero attached hydrogens (tertiary/aromatic N) is 2. The Balaban J connectivity index is 1.84. The van der Waals surface area contributed by atoms with Gasteiger partial charge >= 0.3 is 5.97 Å².